The summed E-state index contributed by atoms with van der Waals surface area (Å²) in [6.07, 6.45) is 0. The normalized spacial score (nSPS) is 12.3. The van der Waals surface area contributed by atoms with E-state index in [1.54, 1.807) is 24.3 Å². The van der Waals surface area contributed by atoms with Crippen molar-refractivity contribution in [2.75, 3.05) is 19.5 Å². The smallest absolute Gasteiger partial charge is 0.251 e. The Balaban J connectivity index is 2.09. The number of sulfonamides is 1. The molecule has 156 valence electrons. The number of ether oxygens (including phenoxy) is 1. The molecule has 2 aromatic rings. The maximum absolute atomic E-state index is 12.7. The molecule has 0 unspecified atom stereocenters. The van der Waals surface area contributed by atoms with E-state index in [9.17, 15) is 18.0 Å². The lowest BCUT2D eigenvalue weighted by Crippen LogP contribution is -2.47. The van der Waals surface area contributed by atoms with Crippen molar-refractivity contribution in [2.45, 2.75) is 24.8 Å². The molecule has 0 saturated carbocycles. The van der Waals surface area contributed by atoms with Gasteiger partial charge in [-0.25, -0.2) is 13.1 Å². The van der Waals surface area contributed by atoms with Crippen LogP contribution in [0.1, 0.15) is 24.2 Å². The minimum absolute atomic E-state index is 0.0891. The van der Waals surface area contributed by atoms with E-state index in [1.807, 2.05) is 13.8 Å². The van der Waals surface area contributed by atoms with Crippen molar-refractivity contribution in [3.05, 3.63) is 54.1 Å². The molecule has 2 aromatic carbocycles. The molecule has 0 aliphatic heterocycles. The maximum atomic E-state index is 12.7. The highest BCUT2D eigenvalue weighted by Gasteiger charge is 2.25. The van der Waals surface area contributed by atoms with E-state index in [1.165, 1.54) is 38.4 Å². The van der Waals surface area contributed by atoms with Crippen LogP contribution in [-0.4, -0.2) is 40.4 Å². The molecule has 0 spiro atoms. The van der Waals surface area contributed by atoms with E-state index in [0.717, 1.165) is 0 Å². The Bertz CT molecular complexity index is 955. The van der Waals surface area contributed by atoms with Gasteiger partial charge in [0.1, 0.15) is 11.8 Å². The van der Waals surface area contributed by atoms with Gasteiger partial charge in [0.15, 0.2) is 0 Å². The van der Waals surface area contributed by atoms with E-state index in [-0.39, 0.29) is 16.7 Å². The van der Waals surface area contributed by atoms with Crippen LogP contribution in [0.25, 0.3) is 0 Å². The fourth-order valence-electron chi connectivity index (χ4n) is 2.56. The van der Waals surface area contributed by atoms with E-state index >= 15 is 0 Å². The summed E-state index contributed by atoms with van der Waals surface area (Å²) in [5.74, 6) is -0.312. The number of amides is 2. The average molecular weight is 420 g/mol. The highest BCUT2D eigenvalue weighted by atomic mass is 32.2. The van der Waals surface area contributed by atoms with E-state index < -0.39 is 22.0 Å². The fraction of sp³-hybridized carbons (Fsp3) is 0.300. The quantitative estimate of drug-likeness (QED) is 0.606. The summed E-state index contributed by atoms with van der Waals surface area (Å²) in [5.41, 5.74) is 0.834. The first-order valence-electron chi connectivity index (χ1n) is 8.97. The molecule has 8 nitrogen and oxygen atoms in total. The molecule has 9 heteroatoms. The van der Waals surface area contributed by atoms with Gasteiger partial charge in [-0.1, -0.05) is 13.8 Å². The zero-order valence-electron chi connectivity index (χ0n) is 16.7. The first-order valence-corrected chi connectivity index (χ1v) is 10.5. The molecule has 0 bridgehead atoms. The summed E-state index contributed by atoms with van der Waals surface area (Å²) in [4.78, 5) is 25.3. The Morgan fingerprint density at radius 3 is 2.03 bits per heavy atom. The SMILES string of the molecule is CNS(=O)(=O)c1ccc(NC(=O)[C@@H](NC(=O)c2ccc(OC)cc2)C(C)C)cc1. The number of hydrogen-bond acceptors (Lipinski definition) is 5. The maximum Gasteiger partial charge on any atom is 0.251 e. The molecule has 2 amide bonds. The highest BCUT2D eigenvalue weighted by Crippen LogP contribution is 2.16. The highest BCUT2D eigenvalue weighted by molar-refractivity contribution is 7.89. The number of carbonyl (C=O) groups is 2. The van der Waals surface area contributed by atoms with Crippen molar-refractivity contribution in [1.82, 2.24) is 10.0 Å². The number of nitrogens with one attached hydrogen (secondary N) is 3. The Kier molecular flexibility index (Phi) is 7.35. The molecule has 1 atom stereocenters. The standard InChI is InChI=1S/C20H25N3O5S/c1-13(2)18(23-19(24)14-5-9-16(28-4)10-6-14)20(25)22-15-7-11-17(12-8-15)29(26,27)21-3/h5-13,18,21H,1-4H3,(H,22,25)(H,23,24)/t18-/m0/s1. The third-order valence-electron chi connectivity index (χ3n) is 4.29. The third-order valence-corrected chi connectivity index (χ3v) is 5.72. The van der Waals surface area contributed by atoms with Crippen molar-refractivity contribution >= 4 is 27.5 Å². The van der Waals surface area contributed by atoms with Crippen LogP contribution in [0.4, 0.5) is 5.69 Å². The van der Waals surface area contributed by atoms with Gasteiger partial charge in [-0.05, 0) is 61.5 Å². The fourth-order valence-corrected chi connectivity index (χ4v) is 3.29. The van der Waals surface area contributed by atoms with Crippen molar-refractivity contribution in [3.63, 3.8) is 0 Å². The number of methoxy groups -OCH3 is 1. The van der Waals surface area contributed by atoms with Gasteiger partial charge >= 0.3 is 0 Å². The van der Waals surface area contributed by atoms with Gasteiger partial charge in [0.05, 0.1) is 12.0 Å². The van der Waals surface area contributed by atoms with Crippen LogP contribution in [-0.2, 0) is 14.8 Å². The number of anilines is 1. The number of hydrogen-bond donors (Lipinski definition) is 3. The third kappa shape index (κ3) is 5.78. The monoisotopic (exact) mass is 419 g/mol. The van der Waals surface area contributed by atoms with Crippen LogP contribution < -0.4 is 20.1 Å². The van der Waals surface area contributed by atoms with Crippen LogP contribution in [0.2, 0.25) is 0 Å². The molecular weight excluding hydrogens is 394 g/mol. The second-order valence-corrected chi connectivity index (χ2v) is 8.53. The zero-order valence-corrected chi connectivity index (χ0v) is 17.5. The molecule has 0 heterocycles. The average Bonchev–Trinajstić information content (AvgIpc) is 2.71. The molecule has 0 radical (unpaired) electrons. The van der Waals surface area contributed by atoms with E-state index in [2.05, 4.69) is 15.4 Å². The summed E-state index contributed by atoms with van der Waals surface area (Å²) >= 11 is 0. The molecule has 0 fully saturated rings. The van der Waals surface area contributed by atoms with Crippen molar-refractivity contribution in [1.29, 1.82) is 0 Å². The second-order valence-electron chi connectivity index (χ2n) is 6.64. The summed E-state index contributed by atoms with van der Waals surface area (Å²) in [7, 11) is -0.694. The predicted molar refractivity (Wildman–Crippen MR) is 110 cm³/mol. The molecule has 0 aliphatic carbocycles. The van der Waals surface area contributed by atoms with Gasteiger partial charge in [0, 0.05) is 11.3 Å². The predicted octanol–water partition coefficient (Wildman–Crippen LogP) is 2.00. The Hall–Kier alpha value is -2.91. The van der Waals surface area contributed by atoms with Crippen LogP contribution in [0, 0.1) is 5.92 Å². The second kappa shape index (κ2) is 9.53. The summed E-state index contributed by atoms with van der Waals surface area (Å²) in [6, 6.07) is 11.6. The minimum Gasteiger partial charge on any atom is -0.497 e. The van der Waals surface area contributed by atoms with Crippen molar-refractivity contribution in [3.8, 4) is 5.75 Å². The van der Waals surface area contributed by atoms with Crippen molar-refractivity contribution in [2.24, 2.45) is 5.92 Å². The zero-order chi connectivity index (χ0) is 21.6. The largest absolute Gasteiger partial charge is 0.497 e. The molecule has 0 aromatic heterocycles. The lowest BCUT2D eigenvalue weighted by atomic mass is 10.0. The van der Waals surface area contributed by atoms with Gasteiger partial charge < -0.3 is 15.4 Å². The summed E-state index contributed by atoms with van der Waals surface area (Å²) < 4.78 is 30.8. The molecule has 3 N–H and O–H groups in total. The Morgan fingerprint density at radius 1 is 0.966 bits per heavy atom. The van der Waals surface area contributed by atoms with Gasteiger partial charge in [0.2, 0.25) is 15.9 Å². The van der Waals surface area contributed by atoms with Gasteiger partial charge in [-0.2, -0.15) is 0 Å². The number of carbonyl (C=O) groups excluding carboxylic acids is 2. The first kappa shape index (κ1) is 22.4. The van der Waals surface area contributed by atoms with E-state index in [0.29, 0.717) is 17.0 Å². The lowest BCUT2D eigenvalue weighted by Gasteiger charge is -2.22. The van der Waals surface area contributed by atoms with Crippen molar-refractivity contribution < 1.29 is 22.7 Å². The molecule has 0 aliphatic rings. The van der Waals surface area contributed by atoms with Crippen LogP contribution >= 0.6 is 0 Å². The first-order chi connectivity index (χ1) is 13.7. The lowest BCUT2D eigenvalue weighted by molar-refractivity contribution is -0.118. The summed E-state index contributed by atoms with van der Waals surface area (Å²) in [5, 5.41) is 5.44. The Labute approximate surface area is 170 Å². The Morgan fingerprint density at radius 2 is 1.55 bits per heavy atom. The number of benzene rings is 2. The molecular formula is C20H25N3O5S. The molecule has 29 heavy (non-hydrogen) atoms. The van der Waals surface area contributed by atoms with Gasteiger partial charge in [-0.15, -0.1) is 0 Å². The molecule has 2 rings (SSSR count). The summed E-state index contributed by atoms with van der Waals surface area (Å²) in [6.45, 7) is 3.64. The van der Waals surface area contributed by atoms with Gasteiger partial charge in [-0.3, -0.25) is 9.59 Å². The minimum atomic E-state index is -3.55. The molecule has 0 saturated heterocycles. The van der Waals surface area contributed by atoms with Gasteiger partial charge in [0.25, 0.3) is 5.91 Å². The van der Waals surface area contributed by atoms with Crippen LogP contribution in [0.15, 0.2) is 53.4 Å². The number of rotatable bonds is 8. The topological polar surface area (TPSA) is 114 Å². The van der Waals surface area contributed by atoms with Crippen LogP contribution in [0.5, 0.6) is 5.75 Å². The van der Waals surface area contributed by atoms with E-state index in [4.69, 9.17) is 4.74 Å². The van der Waals surface area contributed by atoms with Crippen LogP contribution in [0.3, 0.4) is 0 Å².